The fraction of sp³-hybridized carbons (Fsp3) is 0.556. The van der Waals surface area contributed by atoms with E-state index in [1.54, 1.807) is 0 Å². The minimum absolute atomic E-state index is 0.0817. The summed E-state index contributed by atoms with van der Waals surface area (Å²) in [6, 6.07) is 8.15. The average molecular weight is 317 g/mol. The quantitative estimate of drug-likeness (QED) is 0.801. The molecule has 2 aliphatic rings. The molecule has 1 saturated heterocycles. The number of nitrogens with zero attached hydrogens (tertiary/aromatic N) is 1. The van der Waals surface area contributed by atoms with E-state index in [-0.39, 0.29) is 12.1 Å². The molecule has 0 amide bonds. The number of ether oxygens (including phenoxy) is 2. The van der Waals surface area contributed by atoms with Crippen molar-refractivity contribution in [3.63, 3.8) is 0 Å². The summed E-state index contributed by atoms with van der Waals surface area (Å²) in [6.07, 6.45) is 2.63. The fourth-order valence-corrected chi connectivity index (χ4v) is 3.50. The third-order valence-corrected chi connectivity index (χ3v) is 4.88. The van der Waals surface area contributed by atoms with Gasteiger partial charge in [-0.15, -0.1) is 0 Å². The van der Waals surface area contributed by atoms with Crippen LogP contribution in [0.15, 0.2) is 29.4 Å². The van der Waals surface area contributed by atoms with Crippen molar-refractivity contribution < 1.29 is 19.1 Å². The van der Waals surface area contributed by atoms with Gasteiger partial charge < -0.3 is 14.3 Å². The molecule has 1 unspecified atom stereocenters. The van der Waals surface area contributed by atoms with Crippen LogP contribution in [-0.4, -0.2) is 38.1 Å². The van der Waals surface area contributed by atoms with Crippen LogP contribution < -0.4 is 0 Å². The van der Waals surface area contributed by atoms with Crippen molar-refractivity contribution in [1.82, 2.24) is 0 Å². The van der Waals surface area contributed by atoms with Crippen molar-refractivity contribution in [2.45, 2.75) is 38.7 Å². The molecule has 0 aromatic heterocycles. The van der Waals surface area contributed by atoms with Crippen LogP contribution in [0.3, 0.4) is 0 Å². The molecule has 0 aliphatic carbocycles. The summed E-state index contributed by atoms with van der Waals surface area (Å²) in [4.78, 5) is 17.9. The molecule has 23 heavy (non-hydrogen) atoms. The molecule has 124 valence electrons. The summed E-state index contributed by atoms with van der Waals surface area (Å²) in [5.74, 6) is -0.159. The Kier molecular flexibility index (Phi) is 4.66. The van der Waals surface area contributed by atoms with Gasteiger partial charge in [0.15, 0.2) is 0 Å². The third-order valence-electron chi connectivity index (χ3n) is 4.88. The monoisotopic (exact) mass is 317 g/mol. The zero-order valence-corrected chi connectivity index (χ0v) is 13.7. The SMILES string of the molecule is COC(=O)C1(CC2CC(c3ccccc3C)=NO2)CCOCC1. The van der Waals surface area contributed by atoms with Crippen molar-refractivity contribution in [2.24, 2.45) is 10.6 Å². The van der Waals surface area contributed by atoms with Crippen molar-refractivity contribution in [3.8, 4) is 0 Å². The highest BCUT2D eigenvalue weighted by molar-refractivity contribution is 6.02. The lowest BCUT2D eigenvalue weighted by Gasteiger charge is -2.35. The van der Waals surface area contributed by atoms with E-state index >= 15 is 0 Å². The third kappa shape index (κ3) is 3.24. The summed E-state index contributed by atoms with van der Waals surface area (Å²) in [6.45, 7) is 3.25. The van der Waals surface area contributed by atoms with Crippen LogP contribution in [0.5, 0.6) is 0 Å². The van der Waals surface area contributed by atoms with Gasteiger partial charge in [-0.3, -0.25) is 4.79 Å². The molecule has 0 bridgehead atoms. The predicted octanol–water partition coefficient (Wildman–Crippen LogP) is 2.85. The number of rotatable bonds is 4. The Morgan fingerprint density at radius 2 is 2.09 bits per heavy atom. The first-order valence-electron chi connectivity index (χ1n) is 8.09. The first-order valence-corrected chi connectivity index (χ1v) is 8.09. The van der Waals surface area contributed by atoms with Gasteiger partial charge in [-0.2, -0.15) is 0 Å². The lowest BCUT2D eigenvalue weighted by molar-refractivity contribution is -0.162. The van der Waals surface area contributed by atoms with Gasteiger partial charge in [0.25, 0.3) is 0 Å². The molecule has 3 rings (SSSR count). The largest absolute Gasteiger partial charge is 0.469 e. The summed E-state index contributed by atoms with van der Waals surface area (Å²) in [7, 11) is 1.45. The Balaban J connectivity index is 1.70. The Morgan fingerprint density at radius 3 is 2.78 bits per heavy atom. The topological polar surface area (TPSA) is 57.1 Å². The van der Waals surface area contributed by atoms with Crippen molar-refractivity contribution in [3.05, 3.63) is 35.4 Å². The molecular weight excluding hydrogens is 294 g/mol. The molecule has 1 aromatic rings. The minimum atomic E-state index is -0.506. The van der Waals surface area contributed by atoms with Crippen LogP contribution in [0.4, 0.5) is 0 Å². The summed E-state index contributed by atoms with van der Waals surface area (Å²) in [5, 5.41) is 4.26. The predicted molar refractivity (Wildman–Crippen MR) is 86.3 cm³/mol. The highest BCUT2D eigenvalue weighted by atomic mass is 16.6. The zero-order chi connectivity index (χ0) is 16.3. The van der Waals surface area contributed by atoms with Gasteiger partial charge in [0.2, 0.25) is 0 Å². The Morgan fingerprint density at radius 1 is 1.35 bits per heavy atom. The number of oxime groups is 1. The number of benzene rings is 1. The van der Waals surface area contributed by atoms with Crippen LogP contribution >= 0.6 is 0 Å². The van der Waals surface area contributed by atoms with E-state index in [0.29, 0.717) is 32.5 Å². The number of aryl methyl sites for hydroxylation is 1. The Labute approximate surface area is 136 Å². The molecule has 1 atom stereocenters. The number of hydrogen-bond acceptors (Lipinski definition) is 5. The second kappa shape index (κ2) is 6.71. The lowest BCUT2D eigenvalue weighted by Crippen LogP contribution is -2.41. The molecule has 0 radical (unpaired) electrons. The standard InChI is InChI=1S/C18H23NO4/c1-13-5-3-4-6-15(13)16-11-14(23-19-16)12-18(17(20)21-2)7-9-22-10-8-18/h3-6,14H,7-12H2,1-2H3. The fourth-order valence-electron chi connectivity index (χ4n) is 3.50. The number of esters is 1. The number of hydrogen-bond donors (Lipinski definition) is 0. The van der Waals surface area contributed by atoms with E-state index in [0.717, 1.165) is 17.7 Å². The number of carbonyl (C=O) groups is 1. The first-order chi connectivity index (χ1) is 11.1. The highest BCUT2D eigenvalue weighted by Crippen LogP contribution is 2.39. The van der Waals surface area contributed by atoms with Gasteiger partial charge in [-0.25, -0.2) is 0 Å². The van der Waals surface area contributed by atoms with E-state index < -0.39 is 5.41 Å². The van der Waals surface area contributed by atoms with Crippen molar-refractivity contribution >= 4 is 11.7 Å². The smallest absolute Gasteiger partial charge is 0.312 e. The lowest BCUT2D eigenvalue weighted by atomic mass is 9.75. The molecular formula is C18H23NO4. The van der Waals surface area contributed by atoms with E-state index in [1.165, 1.54) is 12.7 Å². The molecule has 1 aromatic carbocycles. The number of carbonyl (C=O) groups excluding carboxylic acids is 1. The van der Waals surface area contributed by atoms with Gasteiger partial charge in [-0.05, 0) is 25.3 Å². The van der Waals surface area contributed by atoms with Gasteiger partial charge >= 0.3 is 5.97 Å². The van der Waals surface area contributed by atoms with Crippen LogP contribution in [-0.2, 0) is 19.1 Å². The van der Waals surface area contributed by atoms with Gasteiger partial charge in [-0.1, -0.05) is 29.4 Å². The molecule has 1 fully saturated rings. The second-order valence-electron chi connectivity index (χ2n) is 6.37. The average Bonchev–Trinajstić information content (AvgIpc) is 3.03. The first kappa shape index (κ1) is 16.0. The summed E-state index contributed by atoms with van der Waals surface area (Å²) in [5.41, 5.74) is 2.76. The summed E-state index contributed by atoms with van der Waals surface area (Å²) >= 11 is 0. The van der Waals surface area contributed by atoms with Gasteiger partial charge in [0.1, 0.15) is 6.10 Å². The van der Waals surface area contributed by atoms with E-state index in [9.17, 15) is 4.79 Å². The Bertz CT molecular complexity index is 605. The number of methoxy groups -OCH3 is 1. The van der Waals surface area contributed by atoms with Crippen molar-refractivity contribution in [1.29, 1.82) is 0 Å². The van der Waals surface area contributed by atoms with Gasteiger partial charge in [0, 0.05) is 31.6 Å². The molecule has 0 saturated carbocycles. The van der Waals surface area contributed by atoms with Crippen LogP contribution in [0.1, 0.15) is 36.8 Å². The zero-order valence-electron chi connectivity index (χ0n) is 13.7. The molecule has 2 aliphatic heterocycles. The normalized spacial score (nSPS) is 23.0. The maximum Gasteiger partial charge on any atom is 0.312 e. The van der Waals surface area contributed by atoms with Crippen LogP contribution in [0.25, 0.3) is 0 Å². The van der Waals surface area contributed by atoms with E-state index in [1.807, 2.05) is 12.1 Å². The molecule has 0 N–H and O–H groups in total. The second-order valence-corrected chi connectivity index (χ2v) is 6.37. The van der Waals surface area contributed by atoms with Crippen LogP contribution in [0.2, 0.25) is 0 Å². The maximum absolute atomic E-state index is 12.3. The van der Waals surface area contributed by atoms with Crippen molar-refractivity contribution in [2.75, 3.05) is 20.3 Å². The van der Waals surface area contributed by atoms with E-state index in [2.05, 4.69) is 24.2 Å². The molecule has 2 heterocycles. The van der Waals surface area contributed by atoms with E-state index in [4.69, 9.17) is 14.3 Å². The minimum Gasteiger partial charge on any atom is -0.469 e. The molecule has 0 spiro atoms. The van der Waals surface area contributed by atoms with Crippen LogP contribution in [0, 0.1) is 12.3 Å². The molecule has 5 heteroatoms. The Hall–Kier alpha value is -1.88. The summed E-state index contributed by atoms with van der Waals surface area (Å²) < 4.78 is 10.5. The maximum atomic E-state index is 12.3. The molecule has 5 nitrogen and oxygen atoms in total. The van der Waals surface area contributed by atoms with Gasteiger partial charge in [0.05, 0.1) is 18.2 Å². The highest BCUT2D eigenvalue weighted by Gasteiger charge is 2.44.